The summed E-state index contributed by atoms with van der Waals surface area (Å²) in [5.74, 6) is 0.444. The molecule has 0 aliphatic carbocycles. The number of hydrogen-bond donors (Lipinski definition) is 2. The van der Waals surface area contributed by atoms with Crippen molar-refractivity contribution < 1.29 is 9.72 Å². The largest absolute Gasteiger partial charge is 0.319 e. The van der Waals surface area contributed by atoms with Crippen molar-refractivity contribution in [3.05, 3.63) is 69.8 Å². The van der Waals surface area contributed by atoms with Crippen molar-refractivity contribution in [2.75, 3.05) is 11.9 Å². The number of nitrogens with zero attached hydrogens (tertiary/aromatic N) is 1. The van der Waals surface area contributed by atoms with Gasteiger partial charge in [0.2, 0.25) is 5.91 Å². The Morgan fingerprint density at radius 3 is 2.15 bits per heavy atom. The molecule has 0 heterocycles. The lowest BCUT2D eigenvalue weighted by Gasteiger charge is -2.23. The van der Waals surface area contributed by atoms with E-state index in [0.717, 1.165) is 5.56 Å². The van der Waals surface area contributed by atoms with E-state index < -0.39 is 4.92 Å². The number of carbonyl (C=O) groups is 1. The van der Waals surface area contributed by atoms with E-state index in [1.54, 1.807) is 12.1 Å². The van der Waals surface area contributed by atoms with Crippen LogP contribution in [0.15, 0.2) is 48.5 Å². The monoisotopic (exact) mass is 369 g/mol. The number of hydrogen-bond acceptors (Lipinski definition) is 4. The summed E-state index contributed by atoms with van der Waals surface area (Å²) in [5.41, 5.74) is 2.48. The fourth-order valence-corrected chi connectivity index (χ4v) is 2.96. The van der Waals surface area contributed by atoms with Gasteiger partial charge < -0.3 is 10.6 Å². The van der Waals surface area contributed by atoms with Crippen LogP contribution in [0.4, 0.5) is 11.4 Å². The van der Waals surface area contributed by atoms with Crippen LogP contribution in [0.5, 0.6) is 0 Å². The van der Waals surface area contributed by atoms with Gasteiger partial charge in [0.25, 0.3) is 5.69 Å². The summed E-state index contributed by atoms with van der Waals surface area (Å²) in [7, 11) is 0. The third kappa shape index (κ3) is 5.62. The Bertz CT molecular complexity index is 786. The Balaban J connectivity index is 2.03. The van der Waals surface area contributed by atoms with Crippen LogP contribution in [0, 0.1) is 16.0 Å². The zero-order valence-electron chi connectivity index (χ0n) is 16.2. The quantitative estimate of drug-likeness (QED) is 0.524. The number of benzene rings is 2. The second-order valence-electron chi connectivity index (χ2n) is 7.25. The molecule has 1 amide bonds. The van der Waals surface area contributed by atoms with Crippen LogP contribution in [0.2, 0.25) is 0 Å². The van der Waals surface area contributed by atoms with E-state index in [4.69, 9.17) is 0 Å². The summed E-state index contributed by atoms with van der Waals surface area (Å²) >= 11 is 0. The van der Waals surface area contributed by atoms with Crippen molar-refractivity contribution in [3.63, 3.8) is 0 Å². The molecule has 0 aliphatic rings. The van der Waals surface area contributed by atoms with Crippen molar-refractivity contribution in [3.8, 4) is 0 Å². The fourth-order valence-electron chi connectivity index (χ4n) is 2.96. The lowest BCUT2D eigenvalue weighted by atomic mass is 9.93. The van der Waals surface area contributed by atoms with E-state index in [9.17, 15) is 14.9 Å². The molecule has 0 unspecified atom stereocenters. The smallest absolute Gasteiger partial charge is 0.292 e. The van der Waals surface area contributed by atoms with Gasteiger partial charge >= 0.3 is 0 Å². The van der Waals surface area contributed by atoms with Crippen LogP contribution in [0.25, 0.3) is 0 Å². The Labute approximate surface area is 160 Å². The van der Waals surface area contributed by atoms with E-state index in [2.05, 4.69) is 62.6 Å². The van der Waals surface area contributed by atoms with E-state index >= 15 is 0 Å². The molecule has 0 aromatic heterocycles. The average Bonchev–Trinajstić information content (AvgIpc) is 2.62. The molecular weight excluding hydrogens is 342 g/mol. The first kappa shape index (κ1) is 20.6. The first-order valence-corrected chi connectivity index (χ1v) is 9.16. The highest BCUT2D eigenvalue weighted by molar-refractivity contribution is 5.94. The average molecular weight is 369 g/mol. The lowest BCUT2D eigenvalue weighted by Crippen LogP contribution is -2.33. The normalized spacial score (nSPS) is 12.2. The minimum atomic E-state index is -0.504. The summed E-state index contributed by atoms with van der Waals surface area (Å²) in [4.78, 5) is 22.8. The van der Waals surface area contributed by atoms with Crippen molar-refractivity contribution in [1.29, 1.82) is 0 Å². The van der Waals surface area contributed by atoms with Gasteiger partial charge in [-0.1, -0.05) is 64.1 Å². The minimum Gasteiger partial charge on any atom is -0.319 e. The summed E-state index contributed by atoms with van der Waals surface area (Å²) in [5, 5.41) is 16.9. The van der Waals surface area contributed by atoms with Crippen LogP contribution in [-0.2, 0) is 4.79 Å². The van der Waals surface area contributed by atoms with Gasteiger partial charge in [0.15, 0.2) is 0 Å². The summed E-state index contributed by atoms with van der Waals surface area (Å²) in [6, 6.07) is 14.6. The summed E-state index contributed by atoms with van der Waals surface area (Å²) in [6.07, 6.45) is 0. The van der Waals surface area contributed by atoms with Gasteiger partial charge in [-0.25, -0.2) is 0 Å². The predicted octanol–water partition coefficient (Wildman–Crippen LogP) is 4.64. The van der Waals surface area contributed by atoms with E-state index in [1.165, 1.54) is 17.7 Å². The van der Waals surface area contributed by atoms with Crippen molar-refractivity contribution in [1.82, 2.24) is 5.32 Å². The molecule has 0 aliphatic heterocycles. The highest BCUT2D eigenvalue weighted by atomic mass is 16.6. The number of para-hydroxylation sites is 2. The Morgan fingerprint density at radius 1 is 1.00 bits per heavy atom. The van der Waals surface area contributed by atoms with Gasteiger partial charge in [0.1, 0.15) is 5.69 Å². The van der Waals surface area contributed by atoms with Crippen molar-refractivity contribution in [2.24, 2.45) is 5.92 Å². The molecule has 27 heavy (non-hydrogen) atoms. The maximum Gasteiger partial charge on any atom is 0.292 e. The highest BCUT2D eigenvalue weighted by Gasteiger charge is 2.19. The third-order valence-corrected chi connectivity index (χ3v) is 4.49. The van der Waals surface area contributed by atoms with Gasteiger partial charge in [0, 0.05) is 12.1 Å². The fraction of sp³-hybridized carbons (Fsp3) is 0.381. The summed E-state index contributed by atoms with van der Waals surface area (Å²) in [6.45, 7) is 8.56. The molecule has 0 fully saturated rings. The Morgan fingerprint density at radius 2 is 1.59 bits per heavy atom. The second-order valence-corrected chi connectivity index (χ2v) is 7.25. The van der Waals surface area contributed by atoms with Crippen LogP contribution < -0.4 is 10.6 Å². The molecule has 6 heteroatoms. The maximum atomic E-state index is 12.3. The third-order valence-electron chi connectivity index (χ3n) is 4.49. The van der Waals surface area contributed by atoms with Gasteiger partial charge in [-0.3, -0.25) is 14.9 Å². The van der Waals surface area contributed by atoms with Crippen LogP contribution in [0.1, 0.15) is 50.8 Å². The van der Waals surface area contributed by atoms with Gasteiger partial charge in [-0.2, -0.15) is 0 Å². The first-order chi connectivity index (χ1) is 12.8. The maximum absolute atomic E-state index is 12.3. The number of amides is 1. The highest BCUT2D eigenvalue weighted by Crippen LogP contribution is 2.25. The molecule has 0 spiro atoms. The molecule has 0 bridgehead atoms. The molecule has 2 N–H and O–H groups in total. The first-order valence-electron chi connectivity index (χ1n) is 9.16. The van der Waals surface area contributed by atoms with Crippen molar-refractivity contribution in [2.45, 2.75) is 39.7 Å². The molecule has 0 saturated heterocycles. The SMILES string of the molecule is CC(C)c1ccc([C@@H](NCC(=O)Nc2ccccc2[N+](=O)[O-])C(C)C)cc1. The topological polar surface area (TPSA) is 84.3 Å². The standard InChI is InChI=1S/C21H27N3O3/c1-14(2)16-9-11-17(12-10-16)21(15(3)4)22-13-20(25)23-18-7-5-6-8-19(18)24(26)27/h5-12,14-15,21-22H,13H2,1-4H3,(H,23,25)/t21-/m0/s1. The number of anilines is 1. The lowest BCUT2D eigenvalue weighted by molar-refractivity contribution is -0.383. The summed E-state index contributed by atoms with van der Waals surface area (Å²) < 4.78 is 0. The molecule has 0 radical (unpaired) electrons. The van der Waals surface area contributed by atoms with E-state index in [-0.39, 0.29) is 35.8 Å². The molecule has 6 nitrogen and oxygen atoms in total. The Kier molecular flexibility index (Phi) is 7.07. The minimum absolute atomic E-state index is 0.0164. The van der Waals surface area contributed by atoms with Crippen LogP contribution in [-0.4, -0.2) is 17.4 Å². The molecular formula is C21H27N3O3. The molecule has 2 aromatic carbocycles. The molecule has 144 valence electrons. The number of nitro benzene ring substituents is 1. The van der Waals surface area contributed by atoms with Crippen LogP contribution in [0.3, 0.4) is 0 Å². The van der Waals surface area contributed by atoms with E-state index in [0.29, 0.717) is 5.92 Å². The van der Waals surface area contributed by atoms with Gasteiger partial charge in [0.05, 0.1) is 11.5 Å². The van der Waals surface area contributed by atoms with Gasteiger partial charge in [-0.15, -0.1) is 0 Å². The molecule has 2 rings (SSSR count). The zero-order valence-corrected chi connectivity index (χ0v) is 16.2. The van der Waals surface area contributed by atoms with Crippen LogP contribution >= 0.6 is 0 Å². The number of carbonyl (C=O) groups excluding carboxylic acids is 1. The number of nitro groups is 1. The van der Waals surface area contributed by atoms with Crippen molar-refractivity contribution >= 4 is 17.3 Å². The number of rotatable bonds is 8. The molecule has 1 atom stereocenters. The van der Waals surface area contributed by atoms with E-state index in [1.807, 2.05) is 0 Å². The molecule has 0 saturated carbocycles. The number of nitrogens with one attached hydrogen (secondary N) is 2. The van der Waals surface area contributed by atoms with Gasteiger partial charge in [-0.05, 0) is 29.0 Å². The Hall–Kier alpha value is -2.73. The zero-order chi connectivity index (χ0) is 20.0. The molecule has 2 aromatic rings. The predicted molar refractivity (Wildman–Crippen MR) is 108 cm³/mol. The second kappa shape index (κ2) is 9.28.